The maximum atomic E-state index is 12.9. The molecule has 3 heterocycles. The summed E-state index contributed by atoms with van der Waals surface area (Å²) >= 11 is 1.76. The van der Waals surface area contributed by atoms with Crippen LogP contribution in [0.2, 0.25) is 0 Å². The quantitative estimate of drug-likeness (QED) is 0.654. The fourth-order valence-electron chi connectivity index (χ4n) is 3.80. The molecule has 2 N–H and O–H groups in total. The highest BCUT2D eigenvalue weighted by Gasteiger charge is 2.26. The molecule has 1 fully saturated rings. The maximum absolute atomic E-state index is 12.9. The van der Waals surface area contributed by atoms with Crippen molar-refractivity contribution in [3.05, 3.63) is 64.5 Å². The van der Waals surface area contributed by atoms with Gasteiger partial charge in [-0.3, -0.25) is 14.8 Å². The Hall–Kier alpha value is -2.44. The zero-order valence-electron chi connectivity index (χ0n) is 16.1. The third kappa shape index (κ3) is 4.18. The van der Waals surface area contributed by atoms with E-state index in [9.17, 15) is 4.79 Å². The van der Waals surface area contributed by atoms with E-state index in [0.29, 0.717) is 12.1 Å². The molecule has 1 saturated heterocycles. The highest BCUT2D eigenvalue weighted by molar-refractivity contribution is 7.10. The second-order valence-electron chi connectivity index (χ2n) is 7.48. The smallest absolute Gasteiger partial charge is 0.255 e. The maximum Gasteiger partial charge on any atom is 0.255 e. The van der Waals surface area contributed by atoms with Crippen LogP contribution in [0, 0.1) is 5.92 Å². The van der Waals surface area contributed by atoms with Crippen molar-refractivity contribution in [3.63, 3.8) is 0 Å². The zero-order chi connectivity index (χ0) is 19.3. The molecule has 0 spiro atoms. The van der Waals surface area contributed by atoms with Crippen LogP contribution in [0.3, 0.4) is 0 Å². The molecule has 0 aliphatic carbocycles. The number of nitrogens with one attached hydrogen (secondary N) is 2. The van der Waals surface area contributed by atoms with Crippen LogP contribution >= 0.6 is 11.3 Å². The Bertz CT molecular complexity index is 882. The Labute approximate surface area is 169 Å². The number of H-pyrrole nitrogens is 1. The molecule has 5 nitrogen and oxygen atoms in total. The summed E-state index contributed by atoms with van der Waals surface area (Å²) in [5, 5.41) is 12.3. The van der Waals surface area contributed by atoms with E-state index in [4.69, 9.17) is 0 Å². The molecule has 3 aromatic rings. The van der Waals surface area contributed by atoms with Gasteiger partial charge in [0.25, 0.3) is 5.91 Å². The first-order valence-electron chi connectivity index (χ1n) is 9.87. The van der Waals surface area contributed by atoms with Crippen molar-refractivity contribution < 1.29 is 4.79 Å². The van der Waals surface area contributed by atoms with Crippen LogP contribution in [0.25, 0.3) is 11.3 Å². The Morgan fingerprint density at radius 3 is 2.75 bits per heavy atom. The highest BCUT2D eigenvalue weighted by atomic mass is 32.1. The molecule has 2 aromatic heterocycles. The predicted molar refractivity (Wildman–Crippen MR) is 113 cm³/mol. The number of thiophene rings is 1. The minimum atomic E-state index is -0.0838. The van der Waals surface area contributed by atoms with Crippen molar-refractivity contribution >= 4 is 17.2 Å². The van der Waals surface area contributed by atoms with Crippen LogP contribution in [0.1, 0.15) is 41.0 Å². The average molecular weight is 395 g/mol. The number of hydrogen-bond donors (Lipinski definition) is 2. The van der Waals surface area contributed by atoms with Gasteiger partial charge in [0.2, 0.25) is 0 Å². The number of rotatable bonds is 6. The van der Waals surface area contributed by atoms with Crippen LogP contribution in [0.5, 0.6) is 0 Å². The van der Waals surface area contributed by atoms with Crippen LogP contribution < -0.4 is 5.32 Å². The summed E-state index contributed by atoms with van der Waals surface area (Å²) in [6.07, 6.45) is 4.05. The Kier molecular flexibility index (Phi) is 5.88. The molecule has 1 unspecified atom stereocenters. The van der Waals surface area contributed by atoms with E-state index in [2.05, 4.69) is 44.9 Å². The van der Waals surface area contributed by atoms with Crippen LogP contribution in [-0.2, 0) is 0 Å². The molecular weight excluding hydrogens is 368 g/mol. The van der Waals surface area contributed by atoms with Gasteiger partial charge >= 0.3 is 0 Å². The summed E-state index contributed by atoms with van der Waals surface area (Å²) in [5.74, 6) is 0.703. The molecule has 0 radical (unpaired) electrons. The first kappa shape index (κ1) is 18.9. The fourth-order valence-corrected chi connectivity index (χ4v) is 4.66. The van der Waals surface area contributed by atoms with E-state index in [1.54, 1.807) is 17.5 Å². The van der Waals surface area contributed by atoms with Gasteiger partial charge in [-0.05, 0) is 43.3 Å². The molecule has 1 amide bonds. The largest absolute Gasteiger partial charge is 0.350 e. The van der Waals surface area contributed by atoms with Gasteiger partial charge in [0.05, 0.1) is 23.5 Å². The van der Waals surface area contributed by atoms with Crippen molar-refractivity contribution in [2.24, 2.45) is 5.92 Å². The lowest BCUT2D eigenvalue weighted by Gasteiger charge is -2.36. The highest BCUT2D eigenvalue weighted by Crippen LogP contribution is 2.29. The lowest BCUT2D eigenvalue weighted by Crippen LogP contribution is -2.41. The van der Waals surface area contributed by atoms with Gasteiger partial charge in [-0.2, -0.15) is 5.10 Å². The van der Waals surface area contributed by atoms with Crippen molar-refractivity contribution in [1.29, 1.82) is 0 Å². The second-order valence-corrected chi connectivity index (χ2v) is 8.46. The molecule has 1 atom stereocenters. The van der Waals surface area contributed by atoms with E-state index in [-0.39, 0.29) is 11.9 Å². The van der Waals surface area contributed by atoms with E-state index >= 15 is 0 Å². The summed E-state index contributed by atoms with van der Waals surface area (Å²) in [6, 6.07) is 14.3. The van der Waals surface area contributed by atoms with Gasteiger partial charge in [0, 0.05) is 17.0 Å². The number of aromatic amines is 1. The van der Waals surface area contributed by atoms with Crippen molar-refractivity contribution in [3.8, 4) is 11.3 Å². The van der Waals surface area contributed by atoms with Gasteiger partial charge in [-0.25, -0.2) is 0 Å². The third-order valence-corrected chi connectivity index (χ3v) is 6.51. The molecule has 28 heavy (non-hydrogen) atoms. The van der Waals surface area contributed by atoms with Crippen LogP contribution in [0.4, 0.5) is 0 Å². The molecule has 0 saturated carbocycles. The van der Waals surface area contributed by atoms with Gasteiger partial charge in [0.1, 0.15) is 0 Å². The van der Waals surface area contributed by atoms with Gasteiger partial charge in [-0.1, -0.05) is 43.3 Å². The lowest BCUT2D eigenvalue weighted by molar-refractivity contribution is 0.0915. The summed E-state index contributed by atoms with van der Waals surface area (Å²) in [5.41, 5.74) is 2.31. The second kappa shape index (κ2) is 8.71. The Morgan fingerprint density at radius 1 is 1.25 bits per heavy atom. The number of nitrogens with zero attached hydrogens (tertiary/aromatic N) is 2. The first-order chi connectivity index (χ1) is 13.7. The number of aromatic nitrogens is 2. The molecule has 1 aliphatic heterocycles. The zero-order valence-corrected chi connectivity index (χ0v) is 16.9. The molecule has 4 rings (SSSR count). The van der Waals surface area contributed by atoms with Gasteiger partial charge in [0.15, 0.2) is 0 Å². The number of hydrogen-bond acceptors (Lipinski definition) is 4. The number of likely N-dealkylation sites (tertiary alicyclic amines) is 1. The summed E-state index contributed by atoms with van der Waals surface area (Å²) in [7, 11) is 0. The Balaban J connectivity index is 1.47. The number of carbonyl (C=O) groups excluding carboxylic acids is 1. The minimum Gasteiger partial charge on any atom is -0.350 e. The number of amides is 1. The standard InChI is InChI=1S/C22H26N4OS/c1-16-9-11-26(12-10-16)19(20-8-5-13-28-20)15-23-22(27)18-14-24-25-21(18)17-6-3-2-4-7-17/h2-8,13-14,16,19H,9-12,15H2,1H3,(H,23,27)(H,24,25). The molecular formula is C22H26N4OS. The van der Waals surface area contributed by atoms with E-state index in [0.717, 1.165) is 30.3 Å². The summed E-state index contributed by atoms with van der Waals surface area (Å²) in [4.78, 5) is 16.7. The molecule has 0 bridgehead atoms. The predicted octanol–water partition coefficient (Wildman–Crippen LogP) is 4.34. The van der Waals surface area contributed by atoms with E-state index < -0.39 is 0 Å². The monoisotopic (exact) mass is 394 g/mol. The molecule has 1 aromatic carbocycles. The normalized spacial score (nSPS) is 16.8. The number of piperidine rings is 1. The first-order valence-corrected chi connectivity index (χ1v) is 10.7. The average Bonchev–Trinajstić information content (AvgIpc) is 3.42. The van der Waals surface area contributed by atoms with Gasteiger partial charge in [-0.15, -0.1) is 11.3 Å². The van der Waals surface area contributed by atoms with Crippen molar-refractivity contribution in [2.75, 3.05) is 19.6 Å². The van der Waals surface area contributed by atoms with Crippen LogP contribution in [-0.4, -0.2) is 40.6 Å². The topological polar surface area (TPSA) is 61.0 Å². The third-order valence-electron chi connectivity index (χ3n) is 5.53. The number of benzene rings is 1. The molecule has 1 aliphatic rings. The van der Waals surface area contributed by atoms with Gasteiger partial charge < -0.3 is 5.32 Å². The Morgan fingerprint density at radius 2 is 2.04 bits per heavy atom. The fraction of sp³-hybridized carbons (Fsp3) is 0.364. The van der Waals surface area contributed by atoms with E-state index in [1.807, 2.05) is 30.3 Å². The summed E-state index contributed by atoms with van der Waals surface area (Å²) < 4.78 is 0. The lowest BCUT2D eigenvalue weighted by atomic mass is 9.97. The minimum absolute atomic E-state index is 0.0838. The molecule has 146 valence electrons. The van der Waals surface area contributed by atoms with E-state index in [1.165, 1.54) is 17.7 Å². The summed E-state index contributed by atoms with van der Waals surface area (Å²) in [6.45, 7) is 5.09. The van der Waals surface area contributed by atoms with Crippen LogP contribution in [0.15, 0.2) is 54.0 Å². The van der Waals surface area contributed by atoms with Crippen molar-refractivity contribution in [2.45, 2.75) is 25.8 Å². The number of carbonyl (C=O) groups is 1. The van der Waals surface area contributed by atoms with Crippen molar-refractivity contribution in [1.82, 2.24) is 20.4 Å². The SMILES string of the molecule is CC1CCN(C(CNC(=O)c2cn[nH]c2-c2ccccc2)c2cccs2)CC1. The molecule has 6 heteroatoms.